The number of carbonyl (C=O) groups is 5. The molecule has 4 aliphatic rings. The molecule has 0 aromatic heterocycles. The van der Waals surface area contributed by atoms with Gasteiger partial charge in [-0.2, -0.15) is 17.2 Å². The maximum absolute atomic E-state index is 13.9. The van der Waals surface area contributed by atoms with E-state index in [0.717, 1.165) is 19.3 Å². The van der Waals surface area contributed by atoms with Crippen LogP contribution in [-0.2, 0) is 43.6 Å². The molecular formula is C29H40F2O10S. The van der Waals surface area contributed by atoms with E-state index in [1.165, 1.54) is 0 Å². The van der Waals surface area contributed by atoms with Crippen LogP contribution in [0.3, 0.4) is 0 Å². The van der Waals surface area contributed by atoms with Gasteiger partial charge in [-0.3, -0.25) is 28.5 Å². The van der Waals surface area contributed by atoms with Crippen LogP contribution in [0.5, 0.6) is 0 Å². The number of rotatable bonds is 10. The number of fused-ring (bicyclic) bond motifs is 5. The van der Waals surface area contributed by atoms with E-state index in [9.17, 15) is 41.2 Å². The van der Waals surface area contributed by atoms with Gasteiger partial charge in [-0.05, 0) is 60.7 Å². The molecule has 0 aliphatic heterocycles. The fraction of sp³-hybridized carbons (Fsp3) is 0.828. The molecule has 42 heavy (non-hydrogen) atoms. The average molecular weight is 619 g/mol. The van der Waals surface area contributed by atoms with E-state index >= 15 is 0 Å². The molecule has 10 nitrogen and oxygen atoms in total. The Bertz CT molecular complexity index is 1250. The Morgan fingerprint density at radius 3 is 2.36 bits per heavy atom. The van der Waals surface area contributed by atoms with Crippen molar-refractivity contribution in [3.05, 3.63) is 0 Å². The molecule has 0 aromatic carbocycles. The van der Waals surface area contributed by atoms with Crippen LogP contribution in [0.1, 0.15) is 85.0 Å². The SMILES string of the molecule is C[C@H](CCC(=O)OCCC(=O)OCC(F)(F)S(=O)(=O)O)[C@H]1CC[C@H]2[C@@H]3C(=O)CC4CC(=O)CC[C@]4(C)[C@H]3CC(=O)[C@]12C. The third-order valence-electron chi connectivity index (χ3n) is 11.1. The van der Waals surface area contributed by atoms with Crippen LogP contribution >= 0.6 is 0 Å². The van der Waals surface area contributed by atoms with Crippen LogP contribution in [0.25, 0.3) is 0 Å². The molecule has 4 aliphatic carbocycles. The predicted molar refractivity (Wildman–Crippen MR) is 142 cm³/mol. The number of alkyl halides is 2. The fourth-order valence-corrected chi connectivity index (χ4v) is 8.78. The summed E-state index contributed by atoms with van der Waals surface area (Å²) in [5.41, 5.74) is -0.873. The van der Waals surface area contributed by atoms with Gasteiger partial charge < -0.3 is 9.47 Å². The van der Waals surface area contributed by atoms with Gasteiger partial charge in [0.1, 0.15) is 24.0 Å². The highest BCUT2D eigenvalue weighted by atomic mass is 32.2. The Balaban J connectivity index is 1.30. The monoisotopic (exact) mass is 618 g/mol. The van der Waals surface area contributed by atoms with E-state index in [4.69, 9.17) is 9.29 Å². The lowest BCUT2D eigenvalue weighted by Crippen LogP contribution is -2.60. The van der Waals surface area contributed by atoms with Crippen molar-refractivity contribution in [1.82, 2.24) is 0 Å². The molecule has 1 unspecified atom stereocenters. The normalized spacial score (nSPS) is 35.6. The Labute approximate surface area is 244 Å². The summed E-state index contributed by atoms with van der Waals surface area (Å²) in [6.45, 7) is 3.81. The standard InChI is InChI=1S/C29H40F2O10S/c1-16(4-7-24(35)40-11-9-25(36)41-15-29(30,31)42(37,38)39)19-5-6-20-26-21(14-23(34)28(19,20)3)27(2)10-8-18(32)12-17(27)13-22(26)33/h16-17,19-21,26H,4-15H2,1-3H3,(H,37,38,39)/t16-,17?,19-,20+,21+,26+,27+,28-/m1/s1. The van der Waals surface area contributed by atoms with Gasteiger partial charge in [0.25, 0.3) is 0 Å². The molecule has 0 amide bonds. The van der Waals surface area contributed by atoms with Crippen LogP contribution in [0, 0.1) is 46.3 Å². The molecule has 4 saturated carbocycles. The third-order valence-corrected chi connectivity index (χ3v) is 11.9. The van der Waals surface area contributed by atoms with E-state index < -0.39 is 52.4 Å². The fourth-order valence-electron chi connectivity index (χ4n) is 8.57. The van der Waals surface area contributed by atoms with E-state index in [1.54, 1.807) is 0 Å². The highest BCUT2D eigenvalue weighted by molar-refractivity contribution is 7.86. The first-order chi connectivity index (χ1) is 19.4. The first-order valence-corrected chi connectivity index (χ1v) is 16.1. The zero-order valence-electron chi connectivity index (χ0n) is 24.2. The number of hydrogen-bond acceptors (Lipinski definition) is 9. The zero-order valence-corrected chi connectivity index (χ0v) is 25.1. The molecule has 0 bridgehead atoms. The van der Waals surface area contributed by atoms with Gasteiger partial charge in [0.15, 0.2) is 6.61 Å². The number of ketones is 3. The molecule has 0 aromatic rings. The van der Waals surface area contributed by atoms with Crippen molar-refractivity contribution in [2.45, 2.75) is 90.2 Å². The second kappa shape index (κ2) is 11.7. The lowest BCUT2D eigenvalue weighted by molar-refractivity contribution is -0.166. The Hall–Kier alpha value is -2.28. The van der Waals surface area contributed by atoms with Crippen molar-refractivity contribution in [1.29, 1.82) is 0 Å². The number of esters is 2. The lowest BCUT2D eigenvalue weighted by atomic mass is 9.44. The molecule has 0 saturated heterocycles. The van der Waals surface area contributed by atoms with Crippen LogP contribution in [0.4, 0.5) is 8.78 Å². The van der Waals surface area contributed by atoms with E-state index in [1.807, 2.05) is 13.8 Å². The van der Waals surface area contributed by atoms with Gasteiger partial charge >= 0.3 is 27.3 Å². The summed E-state index contributed by atoms with van der Waals surface area (Å²) in [7, 11) is -5.73. The number of halogens is 2. The van der Waals surface area contributed by atoms with Gasteiger partial charge in [0.05, 0.1) is 6.42 Å². The molecule has 0 spiro atoms. The second-order valence-electron chi connectivity index (χ2n) is 13.2. The highest BCUT2D eigenvalue weighted by Crippen LogP contribution is 2.66. The maximum atomic E-state index is 13.9. The minimum absolute atomic E-state index is 0.00123. The van der Waals surface area contributed by atoms with Crippen LogP contribution < -0.4 is 0 Å². The predicted octanol–water partition coefficient (Wildman–Crippen LogP) is 3.95. The second-order valence-corrected chi connectivity index (χ2v) is 14.8. The van der Waals surface area contributed by atoms with Crippen molar-refractivity contribution in [2.24, 2.45) is 46.3 Å². The van der Waals surface area contributed by atoms with Gasteiger partial charge in [-0.25, -0.2) is 0 Å². The maximum Gasteiger partial charge on any atom is 0.402 e. The summed E-state index contributed by atoms with van der Waals surface area (Å²) in [4.78, 5) is 63.4. The summed E-state index contributed by atoms with van der Waals surface area (Å²) in [5.74, 6) is -1.66. The van der Waals surface area contributed by atoms with E-state index in [0.29, 0.717) is 32.1 Å². The first kappa shape index (κ1) is 32.6. The number of Topliss-reactive ketones (excluding diaryl/α,β-unsaturated/α-hetero) is 3. The van der Waals surface area contributed by atoms with Crippen molar-refractivity contribution >= 4 is 39.4 Å². The summed E-state index contributed by atoms with van der Waals surface area (Å²) in [6.07, 6.45) is 3.72. The van der Waals surface area contributed by atoms with Gasteiger partial charge in [-0.1, -0.05) is 20.8 Å². The number of hydrogen-bond donors (Lipinski definition) is 1. The lowest BCUT2D eigenvalue weighted by Gasteiger charge is -2.58. The minimum Gasteiger partial charge on any atom is -0.465 e. The van der Waals surface area contributed by atoms with Crippen molar-refractivity contribution < 1.29 is 55.2 Å². The Kier molecular flexibility index (Phi) is 9.06. The van der Waals surface area contributed by atoms with Crippen LogP contribution in [0.15, 0.2) is 0 Å². The van der Waals surface area contributed by atoms with Gasteiger partial charge in [-0.15, -0.1) is 0 Å². The van der Waals surface area contributed by atoms with Gasteiger partial charge in [0.2, 0.25) is 0 Å². The summed E-state index contributed by atoms with van der Waals surface area (Å²) in [6, 6.07) is 0. The smallest absolute Gasteiger partial charge is 0.402 e. The largest absolute Gasteiger partial charge is 0.465 e. The molecule has 4 rings (SSSR count). The molecule has 0 radical (unpaired) electrons. The quantitative estimate of drug-likeness (QED) is 0.281. The third kappa shape index (κ3) is 5.92. The summed E-state index contributed by atoms with van der Waals surface area (Å²) < 4.78 is 65.0. The van der Waals surface area contributed by atoms with Crippen molar-refractivity contribution in [3.8, 4) is 0 Å². The summed E-state index contributed by atoms with van der Waals surface area (Å²) >= 11 is 0. The minimum atomic E-state index is -5.73. The molecule has 8 atom stereocenters. The molecule has 13 heteroatoms. The van der Waals surface area contributed by atoms with E-state index in [-0.39, 0.29) is 64.7 Å². The van der Waals surface area contributed by atoms with Crippen LogP contribution in [0.2, 0.25) is 0 Å². The molecule has 4 fully saturated rings. The topological polar surface area (TPSA) is 158 Å². The van der Waals surface area contributed by atoms with E-state index in [2.05, 4.69) is 11.7 Å². The number of ether oxygens (including phenoxy) is 2. The number of carbonyl (C=O) groups excluding carboxylic acids is 5. The molecule has 236 valence electrons. The van der Waals surface area contributed by atoms with Crippen LogP contribution in [-0.4, -0.2) is 60.7 Å². The zero-order chi connectivity index (χ0) is 31.3. The van der Waals surface area contributed by atoms with Gasteiger partial charge in [0, 0.05) is 43.4 Å². The Morgan fingerprint density at radius 1 is 1.02 bits per heavy atom. The molecule has 0 heterocycles. The van der Waals surface area contributed by atoms with Crippen molar-refractivity contribution in [3.63, 3.8) is 0 Å². The van der Waals surface area contributed by atoms with Crippen molar-refractivity contribution in [2.75, 3.05) is 13.2 Å². The molecular weight excluding hydrogens is 578 g/mol. The first-order valence-electron chi connectivity index (χ1n) is 14.7. The molecule has 1 N–H and O–H groups in total. The Morgan fingerprint density at radius 2 is 1.69 bits per heavy atom. The average Bonchev–Trinajstić information content (AvgIpc) is 3.25. The highest BCUT2D eigenvalue weighted by Gasteiger charge is 2.66. The summed E-state index contributed by atoms with van der Waals surface area (Å²) in [5, 5.41) is -4.65.